The van der Waals surface area contributed by atoms with Gasteiger partial charge >= 0.3 is 5.97 Å². The van der Waals surface area contributed by atoms with Gasteiger partial charge in [-0.3, -0.25) is 4.79 Å². The average molecular weight is 292 g/mol. The minimum Gasteiger partial charge on any atom is -0.480 e. The first-order valence-corrected chi connectivity index (χ1v) is 7.40. The molecule has 2 fully saturated rings. The Morgan fingerprint density at radius 3 is 2.76 bits per heavy atom. The summed E-state index contributed by atoms with van der Waals surface area (Å²) in [5.41, 5.74) is -0.219. The third-order valence-corrected chi connectivity index (χ3v) is 4.49. The average Bonchev–Trinajstić information content (AvgIpc) is 3.14. The Hall–Kier alpha value is -1.85. The van der Waals surface area contributed by atoms with E-state index in [9.17, 15) is 14.7 Å². The summed E-state index contributed by atoms with van der Waals surface area (Å²) in [6.07, 6.45) is 3.73. The van der Waals surface area contributed by atoms with Crippen molar-refractivity contribution < 1.29 is 19.2 Å². The van der Waals surface area contributed by atoms with E-state index in [0.717, 1.165) is 31.4 Å². The van der Waals surface area contributed by atoms with Crippen LogP contribution in [0.5, 0.6) is 0 Å². The van der Waals surface area contributed by atoms with Crippen molar-refractivity contribution in [3.05, 3.63) is 17.5 Å². The van der Waals surface area contributed by atoms with E-state index < -0.39 is 17.4 Å². The Kier molecular flexibility index (Phi) is 3.26. The maximum absolute atomic E-state index is 12.6. The summed E-state index contributed by atoms with van der Waals surface area (Å²) in [5, 5.41) is 13.3. The minimum absolute atomic E-state index is 0.223. The van der Waals surface area contributed by atoms with E-state index in [-0.39, 0.29) is 11.6 Å². The van der Waals surface area contributed by atoms with Gasteiger partial charge in [0.1, 0.15) is 11.8 Å². The highest BCUT2D eigenvalue weighted by Crippen LogP contribution is 2.41. The second kappa shape index (κ2) is 4.86. The van der Waals surface area contributed by atoms with Crippen molar-refractivity contribution in [1.82, 2.24) is 10.1 Å². The van der Waals surface area contributed by atoms with Crippen LogP contribution in [0.25, 0.3) is 0 Å². The molecule has 1 aromatic heterocycles. The van der Waals surface area contributed by atoms with Crippen LogP contribution in [0, 0.1) is 5.41 Å². The first kappa shape index (κ1) is 14.1. The number of nitrogens with zero attached hydrogens (tertiary/aromatic N) is 2. The molecule has 1 aliphatic carbocycles. The fraction of sp³-hybridized carbons (Fsp3) is 0.667. The Balaban J connectivity index is 1.85. The predicted octanol–water partition coefficient (Wildman–Crippen LogP) is 2.27. The molecule has 1 atom stereocenters. The van der Waals surface area contributed by atoms with Crippen molar-refractivity contribution in [2.24, 2.45) is 5.41 Å². The molecule has 1 saturated carbocycles. The van der Waals surface area contributed by atoms with Crippen LogP contribution in [0.4, 0.5) is 0 Å². The number of carboxylic acid groups (broad SMARTS) is 1. The molecule has 21 heavy (non-hydrogen) atoms. The second-order valence-electron chi connectivity index (χ2n) is 6.72. The largest absolute Gasteiger partial charge is 0.480 e. The zero-order valence-corrected chi connectivity index (χ0v) is 12.3. The Labute approximate surface area is 123 Å². The number of carboxylic acids is 1. The third-order valence-electron chi connectivity index (χ3n) is 4.49. The highest BCUT2D eigenvalue weighted by Gasteiger charge is 2.45. The molecular formula is C15H20N2O4. The number of carbonyl (C=O) groups excluding carboxylic acids is 1. The second-order valence-corrected chi connectivity index (χ2v) is 6.72. The van der Waals surface area contributed by atoms with Crippen LogP contribution in [-0.2, 0) is 4.79 Å². The molecule has 0 spiro atoms. The molecule has 6 heteroatoms. The Morgan fingerprint density at radius 1 is 1.43 bits per heavy atom. The molecule has 1 aromatic rings. The number of aliphatic carboxylic acids is 1. The van der Waals surface area contributed by atoms with Crippen molar-refractivity contribution in [3.8, 4) is 0 Å². The SMILES string of the molecule is CC1(C)CCCN(C(=O)c2cc(C3CC3)on2)C1C(=O)O. The number of carbonyl (C=O) groups is 2. The zero-order chi connectivity index (χ0) is 15.2. The predicted molar refractivity (Wildman–Crippen MR) is 74.0 cm³/mol. The summed E-state index contributed by atoms with van der Waals surface area (Å²) in [6.45, 7) is 4.23. The Morgan fingerprint density at radius 2 is 2.14 bits per heavy atom. The lowest BCUT2D eigenvalue weighted by Crippen LogP contribution is -2.56. The van der Waals surface area contributed by atoms with Gasteiger partial charge in [-0.25, -0.2) is 4.79 Å². The van der Waals surface area contributed by atoms with Crippen LogP contribution < -0.4 is 0 Å². The molecular weight excluding hydrogens is 272 g/mol. The monoisotopic (exact) mass is 292 g/mol. The number of likely N-dealkylation sites (tertiary alicyclic amines) is 1. The van der Waals surface area contributed by atoms with Crippen LogP contribution in [0.2, 0.25) is 0 Å². The topological polar surface area (TPSA) is 83.6 Å². The number of piperidine rings is 1. The summed E-state index contributed by atoms with van der Waals surface area (Å²) >= 11 is 0. The van der Waals surface area contributed by atoms with E-state index in [4.69, 9.17) is 4.52 Å². The molecule has 6 nitrogen and oxygen atoms in total. The van der Waals surface area contributed by atoms with Gasteiger partial charge in [0.25, 0.3) is 5.91 Å². The highest BCUT2D eigenvalue weighted by atomic mass is 16.5. The van der Waals surface area contributed by atoms with Crippen molar-refractivity contribution in [3.63, 3.8) is 0 Å². The molecule has 2 aliphatic rings. The summed E-state index contributed by atoms with van der Waals surface area (Å²) in [4.78, 5) is 25.6. The molecule has 1 unspecified atom stereocenters. The summed E-state index contributed by atoms with van der Waals surface area (Å²) in [5.74, 6) is -0.182. The summed E-state index contributed by atoms with van der Waals surface area (Å²) in [7, 11) is 0. The number of hydrogen-bond acceptors (Lipinski definition) is 4. The summed E-state index contributed by atoms with van der Waals surface area (Å²) in [6, 6.07) is 0.848. The van der Waals surface area contributed by atoms with Gasteiger partial charge in [0.15, 0.2) is 5.69 Å². The molecule has 1 saturated heterocycles. The van der Waals surface area contributed by atoms with Crippen molar-refractivity contribution in [2.45, 2.75) is 51.5 Å². The van der Waals surface area contributed by atoms with E-state index >= 15 is 0 Å². The highest BCUT2D eigenvalue weighted by molar-refractivity contribution is 5.95. The van der Waals surface area contributed by atoms with E-state index in [2.05, 4.69) is 5.16 Å². The molecule has 0 aromatic carbocycles. The lowest BCUT2D eigenvalue weighted by molar-refractivity contribution is -0.148. The first-order valence-electron chi connectivity index (χ1n) is 7.40. The summed E-state index contributed by atoms with van der Waals surface area (Å²) < 4.78 is 5.20. The Bertz CT molecular complexity index is 574. The van der Waals surface area contributed by atoms with Crippen molar-refractivity contribution in [2.75, 3.05) is 6.54 Å². The van der Waals surface area contributed by atoms with Gasteiger partial charge in [0.2, 0.25) is 0 Å². The normalized spacial score (nSPS) is 24.9. The fourth-order valence-electron chi connectivity index (χ4n) is 3.18. The first-order chi connectivity index (χ1) is 9.90. The molecule has 3 rings (SSSR count). The van der Waals surface area contributed by atoms with Gasteiger partial charge in [-0.1, -0.05) is 19.0 Å². The van der Waals surface area contributed by atoms with Crippen LogP contribution in [0.15, 0.2) is 10.6 Å². The molecule has 2 heterocycles. The van der Waals surface area contributed by atoms with Crippen LogP contribution >= 0.6 is 0 Å². The molecule has 1 aliphatic heterocycles. The number of amides is 1. The molecule has 0 bridgehead atoms. The number of rotatable bonds is 3. The molecule has 0 radical (unpaired) electrons. The van der Waals surface area contributed by atoms with E-state index in [0.29, 0.717) is 12.5 Å². The van der Waals surface area contributed by atoms with Gasteiger partial charge < -0.3 is 14.5 Å². The standard InChI is InChI=1S/C15H20N2O4/c1-15(2)6-3-7-17(12(15)14(19)20)13(18)10-8-11(21-16-10)9-4-5-9/h8-9,12H,3-7H2,1-2H3,(H,19,20). The van der Waals surface area contributed by atoms with E-state index in [1.54, 1.807) is 6.07 Å². The minimum atomic E-state index is -0.959. The lowest BCUT2D eigenvalue weighted by Gasteiger charge is -2.43. The van der Waals surface area contributed by atoms with Crippen molar-refractivity contribution in [1.29, 1.82) is 0 Å². The van der Waals surface area contributed by atoms with Gasteiger partial charge in [0, 0.05) is 18.5 Å². The third kappa shape index (κ3) is 2.54. The van der Waals surface area contributed by atoms with E-state index in [1.807, 2.05) is 13.8 Å². The molecule has 1 amide bonds. The van der Waals surface area contributed by atoms with E-state index in [1.165, 1.54) is 4.90 Å². The molecule has 1 N–H and O–H groups in total. The van der Waals surface area contributed by atoms with Crippen LogP contribution in [-0.4, -0.2) is 39.6 Å². The van der Waals surface area contributed by atoms with Gasteiger partial charge in [0.05, 0.1) is 0 Å². The van der Waals surface area contributed by atoms with Gasteiger partial charge in [-0.15, -0.1) is 0 Å². The number of aromatic nitrogens is 1. The van der Waals surface area contributed by atoms with Gasteiger partial charge in [-0.05, 0) is 31.1 Å². The fourth-order valence-corrected chi connectivity index (χ4v) is 3.18. The lowest BCUT2D eigenvalue weighted by atomic mass is 9.76. The van der Waals surface area contributed by atoms with Gasteiger partial charge in [-0.2, -0.15) is 0 Å². The quantitative estimate of drug-likeness (QED) is 0.924. The van der Waals surface area contributed by atoms with Crippen LogP contribution in [0.1, 0.15) is 61.7 Å². The smallest absolute Gasteiger partial charge is 0.326 e. The zero-order valence-electron chi connectivity index (χ0n) is 12.3. The number of hydrogen-bond donors (Lipinski definition) is 1. The maximum atomic E-state index is 12.6. The molecule has 114 valence electrons. The van der Waals surface area contributed by atoms with Crippen molar-refractivity contribution >= 4 is 11.9 Å². The maximum Gasteiger partial charge on any atom is 0.326 e. The van der Waals surface area contributed by atoms with Crippen LogP contribution in [0.3, 0.4) is 0 Å².